The number of rotatable bonds is 6. The van der Waals surface area contributed by atoms with Crippen LogP contribution in [0.1, 0.15) is 16.3 Å². The van der Waals surface area contributed by atoms with E-state index in [1.54, 1.807) is 0 Å². The second kappa shape index (κ2) is 8.23. The van der Waals surface area contributed by atoms with Crippen LogP contribution >= 0.6 is 0 Å². The molecule has 0 atom stereocenters. The van der Waals surface area contributed by atoms with Crippen LogP contribution in [0.15, 0.2) is 66.7 Å². The minimum absolute atomic E-state index is 0.403. The first-order chi connectivity index (χ1) is 14.5. The molecule has 150 valence electrons. The molecule has 2 aromatic carbocycles. The molecule has 0 bridgehead atoms. The summed E-state index contributed by atoms with van der Waals surface area (Å²) >= 11 is 0. The van der Waals surface area contributed by atoms with Crippen LogP contribution in [-0.4, -0.2) is 33.4 Å². The van der Waals surface area contributed by atoms with Crippen LogP contribution in [0.25, 0.3) is 11.3 Å². The van der Waals surface area contributed by atoms with E-state index in [0.717, 1.165) is 17.1 Å². The maximum absolute atomic E-state index is 12.2. The average Bonchev–Trinajstić information content (AvgIpc) is 3.14. The molecule has 0 unspecified atom stereocenters. The van der Waals surface area contributed by atoms with E-state index >= 15 is 0 Å². The monoisotopic (exact) mass is 399 g/mol. The predicted octanol–water partition coefficient (Wildman–Crippen LogP) is 3.34. The van der Waals surface area contributed by atoms with Crippen LogP contribution < -0.4 is 10.5 Å². The van der Waals surface area contributed by atoms with Crippen molar-refractivity contribution in [1.29, 1.82) is 5.26 Å². The van der Waals surface area contributed by atoms with Gasteiger partial charge in [0.2, 0.25) is 0 Å². The lowest BCUT2D eigenvalue weighted by Gasteiger charge is -2.27. The number of carbonyl (C=O) groups is 1. The van der Waals surface area contributed by atoms with Crippen molar-refractivity contribution in [1.82, 2.24) is 14.5 Å². The Kier molecular flexibility index (Phi) is 5.33. The number of carbonyl (C=O) groups excluding carboxylic acids is 1. The maximum atomic E-state index is 12.2. The van der Waals surface area contributed by atoms with Crippen LogP contribution in [0.5, 0.6) is 11.5 Å². The smallest absolute Gasteiger partial charge is 0.267 e. The van der Waals surface area contributed by atoms with E-state index in [2.05, 4.69) is 17.5 Å². The topological polar surface area (TPSA) is 97.2 Å². The zero-order valence-corrected chi connectivity index (χ0v) is 16.4. The number of fused-ring (bicyclic) bond motifs is 1. The van der Waals surface area contributed by atoms with E-state index in [9.17, 15) is 4.79 Å². The van der Waals surface area contributed by atoms with Gasteiger partial charge in [0, 0.05) is 30.8 Å². The fourth-order valence-corrected chi connectivity index (χ4v) is 3.58. The number of primary amides is 1. The molecule has 0 fully saturated rings. The fourth-order valence-electron chi connectivity index (χ4n) is 3.58. The molecule has 1 aliphatic heterocycles. The van der Waals surface area contributed by atoms with Crippen molar-refractivity contribution in [3.63, 3.8) is 0 Å². The van der Waals surface area contributed by atoms with Gasteiger partial charge in [-0.05, 0) is 36.4 Å². The Balaban J connectivity index is 1.61. The van der Waals surface area contributed by atoms with Crippen molar-refractivity contribution < 1.29 is 9.53 Å². The Bertz CT molecular complexity index is 1130. The van der Waals surface area contributed by atoms with Crippen LogP contribution in [-0.2, 0) is 13.1 Å². The molecule has 7 heteroatoms. The molecule has 0 spiro atoms. The molecule has 0 aliphatic carbocycles. The van der Waals surface area contributed by atoms with Crippen molar-refractivity contribution in [2.75, 3.05) is 13.1 Å². The Hall–Kier alpha value is -3.89. The number of para-hydroxylation sites is 1. The van der Waals surface area contributed by atoms with Gasteiger partial charge in [-0.25, -0.2) is 4.98 Å². The standard InChI is InChI=1S/C23H21N5O2/c1-16(13-24)14-27-11-12-28-20(15-27)26-21(22(28)23(25)29)17-7-9-19(10-8-17)30-18-5-3-2-4-6-18/h2-10H,1,11-12,14-15H2,(H2,25,29). The first kappa shape index (κ1) is 19.4. The third-order valence-electron chi connectivity index (χ3n) is 4.96. The Morgan fingerprint density at radius 2 is 1.83 bits per heavy atom. The Morgan fingerprint density at radius 3 is 2.50 bits per heavy atom. The number of nitrogens with zero attached hydrogens (tertiary/aromatic N) is 4. The molecule has 3 aromatic rings. The SMILES string of the molecule is C=C(C#N)CN1CCn2c(nc(-c3ccc(Oc4ccccc4)cc3)c2C(N)=O)C1. The van der Waals surface area contributed by atoms with E-state index in [-0.39, 0.29) is 0 Å². The molecular weight excluding hydrogens is 378 g/mol. The molecule has 0 saturated heterocycles. The fraction of sp³-hybridized carbons (Fsp3) is 0.174. The number of hydrogen-bond donors (Lipinski definition) is 1. The minimum atomic E-state index is -0.511. The molecule has 4 rings (SSSR count). The highest BCUT2D eigenvalue weighted by Crippen LogP contribution is 2.29. The highest BCUT2D eigenvalue weighted by Gasteiger charge is 2.27. The number of imidazole rings is 1. The van der Waals surface area contributed by atoms with Gasteiger partial charge < -0.3 is 15.0 Å². The second-order valence-electron chi connectivity index (χ2n) is 7.11. The Morgan fingerprint density at radius 1 is 1.13 bits per heavy atom. The van der Waals surface area contributed by atoms with Crippen molar-refractivity contribution in [3.8, 4) is 28.8 Å². The third kappa shape index (κ3) is 3.95. The van der Waals surface area contributed by atoms with Crippen molar-refractivity contribution >= 4 is 5.91 Å². The number of aromatic nitrogens is 2. The molecule has 1 aromatic heterocycles. The number of hydrogen-bond acceptors (Lipinski definition) is 5. The molecule has 1 aliphatic rings. The quantitative estimate of drug-likeness (QED) is 0.641. The number of amides is 1. The first-order valence-electron chi connectivity index (χ1n) is 9.58. The summed E-state index contributed by atoms with van der Waals surface area (Å²) in [6.07, 6.45) is 0. The molecular formula is C23H21N5O2. The molecule has 7 nitrogen and oxygen atoms in total. The largest absolute Gasteiger partial charge is 0.457 e. The summed E-state index contributed by atoms with van der Waals surface area (Å²) in [6, 6.07) is 19.0. The van der Waals surface area contributed by atoms with Crippen molar-refractivity contribution in [3.05, 3.63) is 78.3 Å². The van der Waals surface area contributed by atoms with Gasteiger partial charge >= 0.3 is 0 Å². The summed E-state index contributed by atoms with van der Waals surface area (Å²) in [7, 11) is 0. The van der Waals surface area contributed by atoms with Gasteiger partial charge in [0.1, 0.15) is 28.7 Å². The van der Waals surface area contributed by atoms with Crippen molar-refractivity contribution in [2.24, 2.45) is 5.73 Å². The lowest BCUT2D eigenvalue weighted by atomic mass is 10.1. The highest BCUT2D eigenvalue weighted by atomic mass is 16.5. The molecule has 2 heterocycles. The lowest BCUT2D eigenvalue weighted by molar-refractivity contribution is 0.0988. The summed E-state index contributed by atoms with van der Waals surface area (Å²) in [4.78, 5) is 19.0. The number of ether oxygens (including phenoxy) is 1. The van der Waals surface area contributed by atoms with Gasteiger partial charge in [0.25, 0.3) is 5.91 Å². The average molecular weight is 399 g/mol. The van der Waals surface area contributed by atoms with Gasteiger partial charge in [0.15, 0.2) is 0 Å². The van der Waals surface area contributed by atoms with Crippen LogP contribution in [0, 0.1) is 11.3 Å². The van der Waals surface area contributed by atoms with Crippen molar-refractivity contribution in [2.45, 2.75) is 13.1 Å². The van der Waals surface area contributed by atoms with E-state index in [1.807, 2.05) is 59.2 Å². The van der Waals surface area contributed by atoms with Gasteiger partial charge in [-0.3, -0.25) is 9.69 Å². The molecule has 1 amide bonds. The normalized spacial score (nSPS) is 13.3. The molecule has 0 radical (unpaired) electrons. The third-order valence-corrected chi connectivity index (χ3v) is 4.96. The minimum Gasteiger partial charge on any atom is -0.457 e. The zero-order valence-electron chi connectivity index (χ0n) is 16.4. The predicted molar refractivity (Wildman–Crippen MR) is 113 cm³/mol. The lowest BCUT2D eigenvalue weighted by Crippen LogP contribution is -2.36. The van der Waals surface area contributed by atoms with Gasteiger partial charge in [-0.2, -0.15) is 5.26 Å². The second-order valence-corrected chi connectivity index (χ2v) is 7.11. The van der Waals surface area contributed by atoms with E-state index in [1.165, 1.54) is 0 Å². The summed E-state index contributed by atoms with van der Waals surface area (Å²) in [5.41, 5.74) is 7.95. The molecule has 2 N–H and O–H groups in total. The summed E-state index contributed by atoms with van der Waals surface area (Å²) in [5, 5.41) is 8.98. The maximum Gasteiger partial charge on any atom is 0.267 e. The number of nitrogens with two attached hydrogens (primary N) is 1. The van der Waals surface area contributed by atoms with Gasteiger partial charge in [-0.15, -0.1) is 0 Å². The van der Waals surface area contributed by atoms with Crippen LogP contribution in [0.3, 0.4) is 0 Å². The van der Waals surface area contributed by atoms with E-state index in [4.69, 9.17) is 20.7 Å². The van der Waals surface area contributed by atoms with Gasteiger partial charge in [-0.1, -0.05) is 24.8 Å². The van der Waals surface area contributed by atoms with Crippen LogP contribution in [0.2, 0.25) is 0 Å². The van der Waals surface area contributed by atoms with E-state index < -0.39 is 5.91 Å². The number of benzene rings is 2. The van der Waals surface area contributed by atoms with Gasteiger partial charge in [0.05, 0.1) is 12.6 Å². The van der Waals surface area contributed by atoms with Crippen LogP contribution in [0.4, 0.5) is 0 Å². The number of nitriles is 1. The summed E-state index contributed by atoms with van der Waals surface area (Å²) in [6.45, 7) is 6.02. The molecule has 30 heavy (non-hydrogen) atoms. The highest BCUT2D eigenvalue weighted by molar-refractivity contribution is 5.97. The Labute approximate surface area is 174 Å². The summed E-state index contributed by atoms with van der Waals surface area (Å²) in [5.74, 6) is 1.68. The zero-order chi connectivity index (χ0) is 21.1. The first-order valence-corrected chi connectivity index (χ1v) is 9.58. The molecule has 0 saturated carbocycles. The van der Waals surface area contributed by atoms with E-state index in [0.29, 0.717) is 48.9 Å². The summed E-state index contributed by atoms with van der Waals surface area (Å²) < 4.78 is 7.70.